The van der Waals surface area contributed by atoms with Crippen LogP contribution in [0.4, 0.5) is 0 Å². The summed E-state index contributed by atoms with van der Waals surface area (Å²) in [5.74, 6) is 0.106. The molecule has 1 aromatic heterocycles. The molecule has 0 atom stereocenters. The number of carbonyl (C=O) groups is 1. The van der Waals surface area contributed by atoms with Crippen LogP contribution in [0.1, 0.15) is 29.0 Å². The van der Waals surface area contributed by atoms with E-state index >= 15 is 0 Å². The molecule has 0 amide bonds. The third kappa shape index (κ3) is 1.80. The second-order valence-corrected chi connectivity index (χ2v) is 4.97. The Labute approximate surface area is 107 Å². The Hall–Kier alpha value is -1.49. The number of ketones is 1. The molecule has 3 rings (SSSR count). The van der Waals surface area contributed by atoms with Crippen molar-refractivity contribution in [3.05, 3.63) is 40.1 Å². The molecule has 0 saturated carbocycles. The van der Waals surface area contributed by atoms with Crippen molar-refractivity contribution in [1.29, 1.82) is 0 Å². The smallest absolute Gasteiger partial charge is 0.185 e. The molecule has 0 fully saturated rings. The summed E-state index contributed by atoms with van der Waals surface area (Å²) in [7, 11) is 0. The van der Waals surface area contributed by atoms with Gasteiger partial charge in [-0.05, 0) is 37.1 Å². The average molecular weight is 292 g/mol. The maximum Gasteiger partial charge on any atom is 0.185 e. The van der Waals surface area contributed by atoms with Gasteiger partial charge in [0.1, 0.15) is 0 Å². The van der Waals surface area contributed by atoms with E-state index in [0.717, 1.165) is 28.7 Å². The molecule has 2 aromatic rings. The van der Waals surface area contributed by atoms with Gasteiger partial charge in [-0.15, -0.1) is 5.10 Å². The first-order valence-corrected chi connectivity index (χ1v) is 6.29. The van der Waals surface area contributed by atoms with Gasteiger partial charge in [0.25, 0.3) is 0 Å². The number of hydrogen-bond acceptors (Lipinski definition) is 3. The van der Waals surface area contributed by atoms with Crippen molar-refractivity contribution in [1.82, 2.24) is 15.0 Å². The Morgan fingerprint density at radius 1 is 1.18 bits per heavy atom. The summed E-state index contributed by atoms with van der Waals surface area (Å²) < 4.78 is 2.78. The van der Waals surface area contributed by atoms with Crippen LogP contribution in [0.15, 0.2) is 28.7 Å². The second kappa shape index (κ2) is 4.07. The largest absolute Gasteiger partial charge is 0.292 e. The predicted octanol–water partition coefficient (Wildman–Crippen LogP) is 2.55. The van der Waals surface area contributed by atoms with E-state index in [1.165, 1.54) is 0 Å². The Bertz CT molecular complexity index is 574. The lowest BCUT2D eigenvalue weighted by atomic mass is 10.00. The minimum atomic E-state index is 0.106. The Balaban J connectivity index is 2.10. The number of nitrogens with zero attached hydrogens (tertiary/aromatic N) is 3. The van der Waals surface area contributed by atoms with Crippen LogP contribution in [-0.4, -0.2) is 20.8 Å². The van der Waals surface area contributed by atoms with Crippen molar-refractivity contribution < 1.29 is 4.79 Å². The number of carbonyl (C=O) groups excluding carboxylic acids is 1. The van der Waals surface area contributed by atoms with Gasteiger partial charge in [-0.25, -0.2) is 4.68 Å². The van der Waals surface area contributed by atoms with Crippen LogP contribution in [0.3, 0.4) is 0 Å². The third-order valence-corrected chi connectivity index (χ3v) is 3.44. The molecule has 5 heteroatoms. The van der Waals surface area contributed by atoms with Crippen molar-refractivity contribution in [2.24, 2.45) is 0 Å². The molecule has 0 N–H and O–H groups in total. The van der Waals surface area contributed by atoms with Crippen LogP contribution in [0, 0.1) is 0 Å². The Morgan fingerprint density at radius 3 is 2.71 bits per heavy atom. The van der Waals surface area contributed by atoms with Gasteiger partial charge in [0.05, 0.1) is 11.4 Å². The zero-order valence-corrected chi connectivity index (χ0v) is 10.6. The van der Waals surface area contributed by atoms with Gasteiger partial charge in [0.15, 0.2) is 11.5 Å². The first kappa shape index (κ1) is 10.7. The summed E-state index contributed by atoms with van der Waals surface area (Å²) in [5.41, 5.74) is 2.42. The van der Waals surface area contributed by atoms with E-state index in [1.54, 1.807) is 4.68 Å². The monoisotopic (exact) mass is 291 g/mol. The summed E-state index contributed by atoms with van der Waals surface area (Å²) in [6, 6.07) is 7.82. The van der Waals surface area contributed by atoms with Gasteiger partial charge >= 0.3 is 0 Å². The molecule has 1 aliphatic carbocycles. The molecular formula is C12H10BrN3O. The zero-order valence-electron chi connectivity index (χ0n) is 9.06. The summed E-state index contributed by atoms with van der Waals surface area (Å²) in [5, 5.41) is 8.07. The molecule has 17 heavy (non-hydrogen) atoms. The molecule has 0 aliphatic heterocycles. The van der Waals surface area contributed by atoms with Crippen molar-refractivity contribution in [2.75, 3.05) is 0 Å². The van der Waals surface area contributed by atoms with Crippen molar-refractivity contribution in [3.63, 3.8) is 0 Å². The minimum Gasteiger partial charge on any atom is -0.292 e. The predicted molar refractivity (Wildman–Crippen MR) is 66.3 cm³/mol. The second-order valence-electron chi connectivity index (χ2n) is 4.05. The summed E-state index contributed by atoms with van der Waals surface area (Å²) in [6.07, 6.45) is 2.34. The van der Waals surface area contributed by atoms with Gasteiger partial charge in [-0.1, -0.05) is 21.1 Å². The van der Waals surface area contributed by atoms with Gasteiger partial charge in [-0.2, -0.15) is 0 Å². The van der Waals surface area contributed by atoms with E-state index in [9.17, 15) is 4.79 Å². The molecule has 0 unspecified atom stereocenters. The van der Waals surface area contributed by atoms with Crippen LogP contribution in [0.25, 0.3) is 5.69 Å². The molecule has 0 bridgehead atoms. The van der Waals surface area contributed by atoms with Crippen molar-refractivity contribution in [3.8, 4) is 5.69 Å². The molecule has 86 valence electrons. The van der Waals surface area contributed by atoms with Crippen molar-refractivity contribution >= 4 is 21.7 Å². The van der Waals surface area contributed by atoms with Crippen molar-refractivity contribution in [2.45, 2.75) is 19.3 Å². The van der Waals surface area contributed by atoms with Gasteiger partial charge in [0, 0.05) is 10.9 Å². The molecular weight excluding hydrogens is 282 g/mol. The van der Waals surface area contributed by atoms with Crippen LogP contribution >= 0.6 is 15.9 Å². The molecule has 4 nitrogen and oxygen atoms in total. The highest BCUT2D eigenvalue weighted by Gasteiger charge is 2.24. The molecule has 0 radical (unpaired) electrons. The van der Waals surface area contributed by atoms with E-state index in [4.69, 9.17) is 0 Å². The molecule has 1 heterocycles. The van der Waals surface area contributed by atoms with E-state index in [-0.39, 0.29) is 5.78 Å². The summed E-state index contributed by atoms with van der Waals surface area (Å²) in [6.45, 7) is 0. The highest BCUT2D eigenvalue weighted by Crippen LogP contribution is 2.22. The highest BCUT2D eigenvalue weighted by atomic mass is 79.9. The normalized spacial score (nSPS) is 14.8. The van der Waals surface area contributed by atoms with Crippen LogP contribution < -0.4 is 0 Å². The van der Waals surface area contributed by atoms with E-state index < -0.39 is 0 Å². The number of fused-ring (bicyclic) bond motifs is 1. The number of aromatic nitrogens is 3. The van der Waals surface area contributed by atoms with Crippen LogP contribution in [0.2, 0.25) is 0 Å². The van der Waals surface area contributed by atoms with E-state index in [1.807, 2.05) is 24.3 Å². The maximum absolute atomic E-state index is 11.7. The standard InChI is InChI=1S/C12H10BrN3O/c13-8-4-6-9(7-5-8)16-10-2-1-3-11(17)12(10)14-15-16/h4-7H,1-3H2. The zero-order chi connectivity index (χ0) is 11.8. The lowest BCUT2D eigenvalue weighted by Gasteiger charge is -2.11. The lowest BCUT2D eigenvalue weighted by molar-refractivity contribution is 0.0967. The van der Waals surface area contributed by atoms with E-state index in [2.05, 4.69) is 26.2 Å². The first-order valence-electron chi connectivity index (χ1n) is 5.49. The minimum absolute atomic E-state index is 0.106. The van der Waals surface area contributed by atoms with Gasteiger partial charge < -0.3 is 0 Å². The Kier molecular flexibility index (Phi) is 2.55. The number of benzene rings is 1. The first-order chi connectivity index (χ1) is 8.25. The fraction of sp³-hybridized carbons (Fsp3) is 0.250. The molecule has 1 aliphatic rings. The fourth-order valence-corrected chi connectivity index (χ4v) is 2.33. The Morgan fingerprint density at radius 2 is 1.94 bits per heavy atom. The highest BCUT2D eigenvalue weighted by molar-refractivity contribution is 9.10. The molecule has 0 saturated heterocycles. The van der Waals surface area contributed by atoms with E-state index in [0.29, 0.717) is 12.1 Å². The average Bonchev–Trinajstić information content (AvgIpc) is 2.75. The maximum atomic E-state index is 11.7. The molecule has 1 aromatic carbocycles. The quantitative estimate of drug-likeness (QED) is 0.811. The molecule has 0 spiro atoms. The topological polar surface area (TPSA) is 47.8 Å². The van der Waals surface area contributed by atoms with Crippen LogP contribution in [-0.2, 0) is 6.42 Å². The summed E-state index contributed by atoms with van der Waals surface area (Å²) >= 11 is 3.39. The fourth-order valence-electron chi connectivity index (χ4n) is 2.07. The SMILES string of the molecule is O=C1CCCc2c1nnn2-c1ccc(Br)cc1. The lowest BCUT2D eigenvalue weighted by Crippen LogP contribution is -2.13. The number of Topliss-reactive ketones (excluding diaryl/α,β-unsaturated/α-hetero) is 1. The number of rotatable bonds is 1. The number of hydrogen-bond donors (Lipinski definition) is 0. The van der Waals surface area contributed by atoms with Gasteiger partial charge in [-0.3, -0.25) is 4.79 Å². The third-order valence-electron chi connectivity index (χ3n) is 2.92. The summed E-state index contributed by atoms with van der Waals surface area (Å²) in [4.78, 5) is 11.7. The van der Waals surface area contributed by atoms with Crippen LogP contribution in [0.5, 0.6) is 0 Å². The van der Waals surface area contributed by atoms with Gasteiger partial charge in [0.2, 0.25) is 0 Å². The number of halogens is 1.